The number of halogens is 1. The van der Waals surface area contributed by atoms with E-state index in [0.29, 0.717) is 30.2 Å². The summed E-state index contributed by atoms with van der Waals surface area (Å²) in [6.07, 6.45) is 0. The summed E-state index contributed by atoms with van der Waals surface area (Å²) in [6.45, 7) is 2.87. The van der Waals surface area contributed by atoms with E-state index in [2.05, 4.69) is 5.32 Å². The van der Waals surface area contributed by atoms with Gasteiger partial charge < -0.3 is 14.8 Å². The lowest BCUT2D eigenvalue weighted by molar-refractivity contribution is 0.306. The minimum Gasteiger partial charge on any atom is -0.493 e. The van der Waals surface area contributed by atoms with Gasteiger partial charge in [0.05, 0.1) is 7.11 Å². The van der Waals surface area contributed by atoms with Gasteiger partial charge in [-0.2, -0.15) is 0 Å². The maximum atomic E-state index is 13.1. The molecule has 0 fully saturated rings. The van der Waals surface area contributed by atoms with Gasteiger partial charge in [-0.05, 0) is 42.8 Å². The number of benzene rings is 2. The number of para-hydroxylation sites is 2. The van der Waals surface area contributed by atoms with Crippen LogP contribution in [-0.2, 0) is 0 Å². The molecule has 0 heterocycles. The highest BCUT2D eigenvalue weighted by Crippen LogP contribution is 2.25. The maximum Gasteiger partial charge on any atom is 0.161 e. The first-order chi connectivity index (χ1) is 9.70. The zero-order valence-electron chi connectivity index (χ0n) is 11.7. The van der Waals surface area contributed by atoms with Gasteiger partial charge in [-0.25, -0.2) is 4.39 Å². The Morgan fingerprint density at radius 3 is 2.55 bits per heavy atom. The smallest absolute Gasteiger partial charge is 0.161 e. The third-order valence-corrected chi connectivity index (χ3v) is 2.92. The van der Waals surface area contributed by atoms with Gasteiger partial charge in [0.25, 0.3) is 0 Å². The Kier molecular flexibility index (Phi) is 4.82. The van der Waals surface area contributed by atoms with E-state index >= 15 is 0 Å². The van der Waals surface area contributed by atoms with E-state index in [4.69, 9.17) is 9.47 Å². The van der Waals surface area contributed by atoms with E-state index in [9.17, 15) is 4.39 Å². The van der Waals surface area contributed by atoms with Crippen LogP contribution in [-0.4, -0.2) is 20.3 Å². The number of anilines is 1. The molecule has 0 saturated heterocycles. The van der Waals surface area contributed by atoms with Crippen molar-refractivity contribution in [3.63, 3.8) is 0 Å². The summed E-state index contributed by atoms with van der Waals surface area (Å²) in [7, 11) is 1.61. The largest absolute Gasteiger partial charge is 0.493 e. The van der Waals surface area contributed by atoms with Crippen LogP contribution in [0.5, 0.6) is 11.5 Å². The number of hydrogen-bond acceptors (Lipinski definition) is 3. The molecular formula is C16H18FNO2. The summed E-state index contributed by atoms with van der Waals surface area (Å²) < 4.78 is 24.0. The molecule has 106 valence electrons. The fourth-order valence-electron chi connectivity index (χ4n) is 1.85. The second kappa shape index (κ2) is 6.80. The molecule has 0 aliphatic heterocycles. The first kappa shape index (κ1) is 14.2. The normalized spacial score (nSPS) is 10.2. The van der Waals surface area contributed by atoms with E-state index in [1.807, 2.05) is 24.3 Å². The van der Waals surface area contributed by atoms with Gasteiger partial charge in [0.15, 0.2) is 11.5 Å². The van der Waals surface area contributed by atoms with Gasteiger partial charge in [0.1, 0.15) is 12.4 Å². The summed E-state index contributed by atoms with van der Waals surface area (Å²) in [5.74, 6) is 1.23. The number of hydrogen-bond donors (Lipinski definition) is 1. The zero-order valence-corrected chi connectivity index (χ0v) is 11.7. The van der Waals surface area contributed by atoms with Gasteiger partial charge in [-0.1, -0.05) is 12.1 Å². The van der Waals surface area contributed by atoms with Gasteiger partial charge >= 0.3 is 0 Å². The third kappa shape index (κ3) is 3.63. The van der Waals surface area contributed by atoms with Crippen molar-refractivity contribution < 1.29 is 13.9 Å². The minimum absolute atomic E-state index is 0.194. The maximum absolute atomic E-state index is 13.1. The molecule has 0 amide bonds. The van der Waals surface area contributed by atoms with Crippen LogP contribution in [0.15, 0.2) is 42.5 Å². The summed E-state index contributed by atoms with van der Waals surface area (Å²) >= 11 is 0. The van der Waals surface area contributed by atoms with Crippen molar-refractivity contribution >= 4 is 5.69 Å². The molecule has 0 radical (unpaired) electrons. The SMILES string of the molecule is COc1ccccc1OCCNc1ccc(F)c(C)c1. The molecule has 0 spiro atoms. The molecule has 0 aliphatic rings. The van der Waals surface area contributed by atoms with Crippen molar-refractivity contribution in [2.75, 3.05) is 25.6 Å². The van der Waals surface area contributed by atoms with Crippen LogP contribution >= 0.6 is 0 Å². The topological polar surface area (TPSA) is 30.5 Å². The molecule has 0 unspecified atom stereocenters. The highest BCUT2D eigenvalue weighted by Gasteiger charge is 2.02. The molecular weight excluding hydrogens is 257 g/mol. The lowest BCUT2D eigenvalue weighted by atomic mass is 10.2. The highest BCUT2D eigenvalue weighted by molar-refractivity contribution is 5.46. The van der Waals surface area contributed by atoms with E-state index in [1.165, 1.54) is 6.07 Å². The summed E-state index contributed by atoms with van der Waals surface area (Å²) in [5, 5.41) is 3.19. The van der Waals surface area contributed by atoms with Crippen molar-refractivity contribution in [1.82, 2.24) is 0 Å². The van der Waals surface area contributed by atoms with Gasteiger partial charge in [0, 0.05) is 12.2 Å². The molecule has 2 rings (SSSR count). The molecule has 0 bridgehead atoms. The van der Waals surface area contributed by atoms with Crippen LogP contribution < -0.4 is 14.8 Å². The molecule has 0 aliphatic carbocycles. The van der Waals surface area contributed by atoms with Crippen LogP contribution in [0.25, 0.3) is 0 Å². The zero-order chi connectivity index (χ0) is 14.4. The predicted octanol–water partition coefficient (Wildman–Crippen LogP) is 3.63. The Bertz CT molecular complexity index is 572. The number of aryl methyl sites for hydroxylation is 1. The predicted molar refractivity (Wildman–Crippen MR) is 78.1 cm³/mol. The van der Waals surface area contributed by atoms with E-state index < -0.39 is 0 Å². The third-order valence-electron chi connectivity index (χ3n) is 2.92. The molecule has 4 heteroatoms. The minimum atomic E-state index is -0.194. The number of ether oxygens (including phenoxy) is 2. The fraction of sp³-hybridized carbons (Fsp3) is 0.250. The number of nitrogens with one attached hydrogen (secondary N) is 1. The average Bonchev–Trinajstić information content (AvgIpc) is 2.47. The Morgan fingerprint density at radius 2 is 1.85 bits per heavy atom. The molecule has 20 heavy (non-hydrogen) atoms. The first-order valence-corrected chi connectivity index (χ1v) is 6.46. The average molecular weight is 275 g/mol. The quantitative estimate of drug-likeness (QED) is 0.817. The lowest BCUT2D eigenvalue weighted by Crippen LogP contribution is -2.12. The van der Waals surface area contributed by atoms with Crippen LogP contribution in [0.1, 0.15) is 5.56 Å². The highest BCUT2D eigenvalue weighted by atomic mass is 19.1. The van der Waals surface area contributed by atoms with Crippen LogP contribution in [0.2, 0.25) is 0 Å². The fourth-order valence-corrected chi connectivity index (χ4v) is 1.85. The Hall–Kier alpha value is -2.23. The summed E-state index contributed by atoms with van der Waals surface area (Å²) in [6, 6.07) is 12.5. The van der Waals surface area contributed by atoms with E-state index in [0.717, 1.165) is 5.69 Å². The molecule has 1 N–H and O–H groups in total. The van der Waals surface area contributed by atoms with Gasteiger partial charge in [-0.3, -0.25) is 0 Å². The molecule has 0 saturated carbocycles. The molecule has 2 aromatic rings. The molecule has 2 aromatic carbocycles. The first-order valence-electron chi connectivity index (χ1n) is 6.46. The van der Waals surface area contributed by atoms with Crippen LogP contribution in [0.3, 0.4) is 0 Å². The van der Waals surface area contributed by atoms with E-state index in [-0.39, 0.29) is 5.82 Å². The number of rotatable bonds is 6. The van der Waals surface area contributed by atoms with E-state index in [1.54, 1.807) is 26.2 Å². The second-order valence-electron chi connectivity index (χ2n) is 4.39. The summed E-state index contributed by atoms with van der Waals surface area (Å²) in [4.78, 5) is 0. The van der Waals surface area contributed by atoms with Crippen molar-refractivity contribution in [1.29, 1.82) is 0 Å². The van der Waals surface area contributed by atoms with Crippen molar-refractivity contribution in [3.8, 4) is 11.5 Å². The molecule has 0 aromatic heterocycles. The Balaban J connectivity index is 1.83. The Labute approximate surface area is 118 Å². The van der Waals surface area contributed by atoms with Crippen molar-refractivity contribution in [2.45, 2.75) is 6.92 Å². The molecule has 0 atom stereocenters. The van der Waals surface area contributed by atoms with Crippen LogP contribution in [0, 0.1) is 12.7 Å². The lowest BCUT2D eigenvalue weighted by Gasteiger charge is -2.11. The summed E-state index contributed by atoms with van der Waals surface area (Å²) in [5.41, 5.74) is 1.51. The standard InChI is InChI=1S/C16H18FNO2/c1-12-11-13(7-8-14(12)17)18-9-10-20-16-6-4-3-5-15(16)19-2/h3-8,11,18H,9-10H2,1-2H3. The van der Waals surface area contributed by atoms with Crippen molar-refractivity contribution in [3.05, 3.63) is 53.8 Å². The van der Waals surface area contributed by atoms with Gasteiger partial charge in [0.2, 0.25) is 0 Å². The van der Waals surface area contributed by atoms with Gasteiger partial charge in [-0.15, -0.1) is 0 Å². The monoisotopic (exact) mass is 275 g/mol. The van der Waals surface area contributed by atoms with Crippen LogP contribution in [0.4, 0.5) is 10.1 Å². The Morgan fingerprint density at radius 1 is 1.10 bits per heavy atom. The number of methoxy groups -OCH3 is 1. The van der Waals surface area contributed by atoms with Crippen molar-refractivity contribution in [2.24, 2.45) is 0 Å². The molecule has 3 nitrogen and oxygen atoms in total. The second-order valence-corrected chi connectivity index (χ2v) is 4.39.